The maximum absolute atomic E-state index is 13.2. The molecule has 4 unspecified atom stereocenters. The molecular weight excluding hydrogens is 336 g/mol. The van der Waals surface area contributed by atoms with Crippen LogP contribution >= 0.6 is 0 Å². The van der Waals surface area contributed by atoms with Crippen molar-refractivity contribution in [1.82, 2.24) is 10.2 Å². The highest BCUT2D eigenvalue weighted by Crippen LogP contribution is 2.55. The summed E-state index contributed by atoms with van der Waals surface area (Å²) < 4.78 is 11.6. The van der Waals surface area contributed by atoms with Gasteiger partial charge in [0.2, 0.25) is 11.6 Å². The quantitative estimate of drug-likeness (QED) is 0.386. The van der Waals surface area contributed by atoms with Crippen molar-refractivity contribution in [2.45, 2.75) is 50.9 Å². The van der Waals surface area contributed by atoms with Crippen LogP contribution in [0.15, 0.2) is 22.6 Å². The number of nitrogens with one attached hydrogen (secondary N) is 1. The van der Waals surface area contributed by atoms with Gasteiger partial charge in [0.1, 0.15) is 0 Å². The summed E-state index contributed by atoms with van der Waals surface area (Å²) in [6.45, 7) is 4.51. The Morgan fingerprint density at radius 1 is 1.31 bits per heavy atom. The molecule has 4 atom stereocenters. The van der Waals surface area contributed by atoms with Crippen molar-refractivity contribution in [3.8, 4) is 0 Å². The van der Waals surface area contributed by atoms with Crippen LogP contribution in [0.25, 0.3) is 0 Å². The van der Waals surface area contributed by atoms with Gasteiger partial charge in [-0.2, -0.15) is 0 Å². The molecule has 3 heterocycles. The Hall–Kier alpha value is -1.70. The number of carbonyl (C=O) groups is 2. The number of ketones is 2. The Morgan fingerprint density at radius 3 is 2.73 bits per heavy atom. The predicted octanol–water partition coefficient (Wildman–Crippen LogP) is 0.494. The first kappa shape index (κ1) is 17.7. The highest BCUT2D eigenvalue weighted by Gasteiger charge is 2.72. The molecule has 0 bridgehead atoms. The zero-order valence-corrected chi connectivity index (χ0v) is 15.5. The number of carbonyl (C=O) groups excluding carboxylic acids is 2. The Bertz CT molecular complexity index is 727. The predicted molar refractivity (Wildman–Crippen MR) is 93.0 cm³/mol. The molecule has 1 aliphatic carbocycles. The third-order valence-corrected chi connectivity index (χ3v) is 6.16. The van der Waals surface area contributed by atoms with E-state index in [2.05, 4.69) is 12.2 Å². The Labute approximate surface area is 153 Å². The molecule has 4 aliphatic rings. The molecule has 142 valence electrons. The van der Waals surface area contributed by atoms with E-state index in [0.29, 0.717) is 30.0 Å². The van der Waals surface area contributed by atoms with Crippen molar-refractivity contribution in [3.63, 3.8) is 0 Å². The fourth-order valence-corrected chi connectivity index (χ4v) is 4.82. The minimum Gasteiger partial charge on any atom is -0.489 e. The summed E-state index contributed by atoms with van der Waals surface area (Å²) in [6, 6.07) is 0.252. The van der Waals surface area contributed by atoms with Crippen molar-refractivity contribution in [3.05, 3.63) is 22.6 Å². The molecule has 3 aliphatic heterocycles. The van der Waals surface area contributed by atoms with E-state index >= 15 is 0 Å². The van der Waals surface area contributed by atoms with Gasteiger partial charge in [-0.25, -0.2) is 0 Å². The van der Waals surface area contributed by atoms with Gasteiger partial charge in [0.25, 0.3) is 0 Å². The number of rotatable bonds is 7. The van der Waals surface area contributed by atoms with Crippen LogP contribution in [0.5, 0.6) is 0 Å². The molecule has 0 aromatic heterocycles. The number of ether oxygens (including phenoxy) is 2. The van der Waals surface area contributed by atoms with Crippen LogP contribution in [0, 0.1) is 5.92 Å². The molecular formula is C19H26N2O5. The van der Waals surface area contributed by atoms with E-state index in [0.717, 1.165) is 19.3 Å². The molecule has 0 saturated carbocycles. The molecule has 7 heteroatoms. The monoisotopic (exact) mass is 362 g/mol. The van der Waals surface area contributed by atoms with Gasteiger partial charge in [0.15, 0.2) is 11.5 Å². The largest absolute Gasteiger partial charge is 0.489 e. The molecule has 0 aromatic carbocycles. The number of piperazine rings is 1. The minimum absolute atomic E-state index is 0.0186. The summed E-state index contributed by atoms with van der Waals surface area (Å²) >= 11 is 0. The lowest BCUT2D eigenvalue weighted by Gasteiger charge is -2.39. The summed E-state index contributed by atoms with van der Waals surface area (Å²) in [5, 5.41) is 13.4. The maximum atomic E-state index is 13.2. The van der Waals surface area contributed by atoms with Crippen LogP contribution in [0.2, 0.25) is 0 Å². The van der Waals surface area contributed by atoms with E-state index in [1.807, 2.05) is 4.90 Å². The summed E-state index contributed by atoms with van der Waals surface area (Å²) in [7, 11) is 1.58. The lowest BCUT2D eigenvalue weighted by molar-refractivity contribution is -0.137. The summed E-state index contributed by atoms with van der Waals surface area (Å²) in [6.07, 6.45) is 2.90. The molecule has 0 amide bonds. The van der Waals surface area contributed by atoms with Crippen molar-refractivity contribution in [1.29, 1.82) is 0 Å². The van der Waals surface area contributed by atoms with E-state index in [9.17, 15) is 14.7 Å². The normalized spacial score (nSPS) is 35.1. The number of nitrogens with zero attached hydrogens (tertiary/aromatic N) is 1. The standard InChI is InChI=1S/C19H26N2O5/c1-4-5-6-7-26-17-10(2)15(23)14-13(16(17)24)11(9-22)19(25-3)18-12(20-18)8-21(14)19/h11-12,18,20,22H,4-9H2,1-3H3. The highest BCUT2D eigenvalue weighted by molar-refractivity contribution is 6.25. The van der Waals surface area contributed by atoms with Gasteiger partial charge in [-0.3, -0.25) is 9.59 Å². The minimum atomic E-state index is -0.868. The van der Waals surface area contributed by atoms with Crippen LogP contribution in [0.1, 0.15) is 33.1 Å². The zero-order valence-electron chi connectivity index (χ0n) is 15.5. The molecule has 7 nitrogen and oxygen atoms in total. The topological polar surface area (TPSA) is 98.0 Å². The smallest absolute Gasteiger partial charge is 0.226 e. The number of unbranched alkanes of at least 4 members (excludes halogenated alkanes) is 2. The number of allylic oxidation sites excluding steroid dienone is 2. The number of fused-ring (bicyclic) bond motifs is 4. The average Bonchev–Trinajstić information content (AvgIpc) is 3.25. The van der Waals surface area contributed by atoms with Gasteiger partial charge in [0, 0.05) is 30.8 Å². The maximum Gasteiger partial charge on any atom is 0.226 e. The number of Topliss-reactive ketones (excluding diaryl/α,β-unsaturated/α-hetero) is 2. The van der Waals surface area contributed by atoms with Gasteiger partial charge in [0.05, 0.1) is 30.9 Å². The number of aliphatic hydroxyl groups excluding tert-OH is 1. The third-order valence-electron chi connectivity index (χ3n) is 6.16. The second kappa shape index (κ2) is 6.18. The molecule has 0 spiro atoms. The van der Waals surface area contributed by atoms with Gasteiger partial charge >= 0.3 is 0 Å². The Kier molecular flexibility index (Phi) is 4.21. The van der Waals surface area contributed by atoms with Crippen LogP contribution in [-0.4, -0.2) is 66.2 Å². The molecule has 0 radical (unpaired) electrons. The second-order valence-corrected chi connectivity index (χ2v) is 7.48. The van der Waals surface area contributed by atoms with Crippen molar-refractivity contribution >= 4 is 11.6 Å². The first-order valence-electron chi connectivity index (χ1n) is 9.39. The Balaban J connectivity index is 1.68. The van der Waals surface area contributed by atoms with Gasteiger partial charge in [-0.15, -0.1) is 0 Å². The molecule has 4 rings (SSSR count). The summed E-state index contributed by atoms with van der Waals surface area (Å²) in [4.78, 5) is 28.2. The van der Waals surface area contributed by atoms with Gasteiger partial charge in [-0.05, 0) is 13.3 Å². The van der Waals surface area contributed by atoms with Crippen LogP contribution < -0.4 is 5.32 Å². The van der Waals surface area contributed by atoms with E-state index in [1.165, 1.54) is 0 Å². The molecule has 26 heavy (non-hydrogen) atoms. The van der Waals surface area contributed by atoms with Crippen molar-refractivity contribution in [2.75, 3.05) is 26.9 Å². The number of methoxy groups -OCH3 is 1. The number of aliphatic hydroxyl groups is 1. The molecule has 2 saturated heterocycles. The first-order chi connectivity index (χ1) is 12.5. The lowest BCUT2D eigenvalue weighted by atomic mass is 9.83. The Morgan fingerprint density at radius 2 is 2.08 bits per heavy atom. The van der Waals surface area contributed by atoms with Crippen LogP contribution in [0.3, 0.4) is 0 Å². The van der Waals surface area contributed by atoms with Gasteiger partial charge in [-0.1, -0.05) is 19.8 Å². The second-order valence-electron chi connectivity index (χ2n) is 7.48. The van der Waals surface area contributed by atoms with Crippen LogP contribution in [0.4, 0.5) is 0 Å². The fraction of sp³-hybridized carbons (Fsp3) is 0.684. The zero-order chi connectivity index (χ0) is 18.6. The molecule has 2 N–H and O–H groups in total. The van der Waals surface area contributed by atoms with Gasteiger partial charge < -0.3 is 24.8 Å². The van der Waals surface area contributed by atoms with E-state index in [4.69, 9.17) is 9.47 Å². The number of hydrogen-bond acceptors (Lipinski definition) is 7. The van der Waals surface area contributed by atoms with E-state index in [-0.39, 0.29) is 36.0 Å². The SMILES string of the molecule is CCCCCOC1=C(C)C(=O)C2=C(C1=O)C(CO)C1(OC)C3NC3CN21. The molecule has 2 fully saturated rings. The van der Waals surface area contributed by atoms with Crippen molar-refractivity contribution < 1.29 is 24.2 Å². The highest BCUT2D eigenvalue weighted by atomic mass is 16.5. The molecule has 0 aromatic rings. The van der Waals surface area contributed by atoms with E-state index in [1.54, 1.807) is 14.0 Å². The lowest BCUT2D eigenvalue weighted by Crippen LogP contribution is -2.54. The third kappa shape index (κ3) is 2.11. The van der Waals surface area contributed by atoms with Crippen LogP contribution in [-0.2, 0) is 19.1 Å². The summed E-state index contributed by atoms with van der Waals surface area (Å²) in [5.41, 5.74) is 0.223. The number of hydrogen-bond donors (Lipinski definition) is 2. The van der Waals surface area contributed by atoms with Crippen molar-refractivity contribution in [2.24, 2.45) is 5.92 Å². The van der Waals surface area contributed by atoms with E-state index < -0.39 is 11.6 Å². The fourth-order valence-electron chi connectivity index (χ4n) is 4.82. The average molecular weight is 362 g/mol. The summed E-state index contributed by atoms with van der Waals surface area (Å²) in [5.74, 6) is -0.901. The first-order valence-corrected chi connectivity index (χ1v) is 9.39.